The van der Waals surface area contributed by atoms with Gasteiger partial charge in [0, 0.05) is 19.5 Å². The number of rotatable bonds is 5. The molecule has 5 heteroatoms. The van der Waals surface area contributed by atoms with E-state index >= 15 is 0 Å². The first-order chi connectivity index (χ1) is 11.5. The van der Waals surface area contributed by atoms with Gasteiger partial charge in [0.15, 0.2) is 5.89 Å². The summed E-state index contributed by atoms with van der Waals surface area (Å²) in [6.07, 6.45) is 4.94. The van der Waals surface area contributed by atoms with Crippen molar-refractivity contribution in [2.24, 2.45) is 0 Å². The van der Waals surface area contributed by atoms with Crippen LogP contribution in [0.15, 0.2) is 28.7 Å². The Kier molecular flexibility index (Phi) is 4.97. The lowest BCUT2D eigenvalue weighted by molar-refractivity contribution is 0.0649. The van der Waals surface area contributed by atoms with E-state index in [4.69, 9.17) is 4.42 Å². The van der Waals surface area contributed by atoms with E-state index in [0.29, 0.717) is 30.3 Å². The smallest absolute Gasteiger partial charge is 0.291 e. The number of oxazole rings is 1. The Balaban J connectivity index is 1.78. The lowest BCUT2D eigenvalue weighted by atomic mass is 10.1. The number of nitrogens with zero attached hydrogens (tertiary/aromatic N) is 2. The normalized spacial score (nSPS) is 15.0. The minimum absolute atomic E-state index is 0.101. The number of benzene rings is 1. The molecular formula is C19H23FN2O2. The maximum Gasteiger partial charge on any atom is 0.291 e. The van der Waals surface area contributed by atoms with Crippen LogP contribution in [0.4, 0.5) is 4.39 Å². The van der Waals surface area contributed by atoms with Gasteiger partial charge in [0.2, 0.25) is 5.76 Å². The Hall–Kier alpha value is -2.17. The van der Waals surface area contributed by atoms with Crippen molar-refractivity contribution in [2.45, 2.75) is 52.0 Å². The van der Waals surface area contributed by atoms with Crippen molar-refractivity contribution in [1.82, 2.24) is 9.88 Å². The summed E-state index contributed by atoms with van der Waals surface area (Å²) in [5.41, 5.74) is 1.53. The first-order valence-corrected chi connectivity index (χ1v) is 8.54. The highest BCUT2D eigenvalue weighted by molar-refractivity contribution is 5.92. The Bertz CT molecular complexity index is 720. The van der Waals surface area contributed by atoms with E-state index in [1.807, 2.05) is 11.0 Å². The van der Waals surface area contributed by atoms with E-state index in [-0.39, 0.29) is 17.8 Å². The lowest BCUT2D eigenvalue weighted by Crippen LogP contribution is -2.40. The van der Waals surface area contributed by atoms with Gasteiger partial charge in [-0.3, -0.25) is 4.79 Å². The van der Waals surface area contributed by atoms with Gasteiger partial charge in [0.25, 0.3) is 5.91 Å². The average Bonchev–Trinajstić information content (AvgIpc) is 3.17. The first kappa shape index (κ1) is 16.7. The van der Waals surface area contributed by atoms with Crippen LogP contribution in [0.25, 0.3) is 0 Å². The zero-order valence-corrected chi connectivity index (χ0v) is 14.2. The third-order valence-electron chi connectivity index (χ3n) is 4.65. The molecule has 0 saturated heterocycles. The summed E-state index contributed by atoms with van der Waals surface area (Å²) >= 11 is 0. The van der Waals surface area contributed by atoms with Crippen LogP contribution in [0.5, 0.6) is 0 Å². The molecule has 0 atom stereocenters. The Morgan fingerprint density at radius 2 is 2.08 bits per heavy atom. The molecule has 0 aliphatic heterocycles. The monoisotopic (exact) mass is 330 g/mol. The van der Waals surface area contributed by atoms with Gasteiger partial charge in [0.1, 0.15) is 5.82 Å². The molecule has 0 spiro atoms. The molecule has 1 fully saturated rings. The summed E-state index contributed by atoms with van der Waals surface area (Å²) in [4.78, 5) is 19.1. The second kappa shape index (κ2) is 7.16. The van der Waals surface area contributed by atoms with Crippen molar-refractivity contribution in [3.05, 3.63) is 53.0 Å². The highest BCUT2D eigenvalue weighted by Crippen LogP contribution is 2.26. The molecule has 0 bridgehead atoms. The zero-order chi connectivity index (χ0) is 17.1. The number of carbonyl (C=O) groups excluding carboxylic acids is 1. The van der Waals surface area contributed by atoms with Crippen LogP contribution in [-0.2, 0) is 6.42 Å². The van der Waals surface area contributed by atoms with Crippen molar-refractivity contribution in [2.75, 3.05) is 6.54 Å². The molecule has 4 nitrogen and oxygen atoms in total. The van der Waals surface area contributed by atoms with Crippen molar-refractivity contribution in [3.8, 4) is 0 Å². The maximum absolute atomic E-state index is 13.4. The number of carbonyl (C=O) groups is 1. The standard InChI is InChI=1S/C19H23FN2O2/c1-13-18(24-14(2)21-13)19(23)22(17-8-3-4-9-17)11-10-15-6-5-7-16(20)12-15/h5-7,12,17H,3-4,8-11H2,1-2H3. The fourth-order valence-corrected chi connectivity index (χ4v) is 3.47. The number of halogens is 1. The van der Waals surface area contributed by atoms with Crippen LogP contribution in [0, 0.1) is 19.7 Å². The molecule has 24 heavy (non-hydrogen) atoms. The molecule has 0 radical (unpaired) electrons. The Morgan fingerprint density at radius 1 is 1.33 bits per heavy atom. The fraction of sp³-hybridized carbons (Fsp3) is 0.474. The predicted molar refractivity (Wildman–Crippen MR) is 89.4 cm³/mol. The molecule has 2 aromatic rings. The lowest BCUT2D eigenvalue weighted by Gasteiger charge is -2.28. The van der Waals surface area contributed by atoms with Gasteiger partial charge in [-0.25, -0.2) is 9.37 Å². The van der Waals surface area contributed by atoms with Crippen LogP contribution in [0.2, 0.25) is 0 Å². The second-order valence-corrected chi connectivity index (χ2v) is 6.46. The molecule has 1 aliphatic carbocycles. The summed E-state index contributed by atoms with van der Waals surface area (Å²) < 4.78 is 18.9. The topological polar surface area (TPSA) is 46.3 Å². The van der Waals surface area contributed by atoms with E-state index in [1.165, 1.54) is 12.1 Å². The maximum atomic E-state index is 13.4. The van der Waals surface area contributed by atoms with Gasteiger partial charge in [-0.15, -0.1) is 0 Å². The fourth-order valence-electron chi connectivity index (χ4n) is 3.47. The largest absolute Gasteiger partial charge is 0.436 e. The summed E-state index contributed by atoms with van der Waals surface area (Å²) in [6.45, 7) is 4.10. The molecule has 128 valence electrons. The van der Waals surface area contributed by atoms with Crippen molar-refractivity contribution in [1.29, 1.82) is 0 Å². The zero-order valence-electron chi connectivity index (χ0n) is 14.2. The third-order valence-corrected chi connectivity index (χ3v) is 4.65. The van der Waals surface area contributed by atoms with Gasteiger partial charge < -0.3 is 9.32 Å². The van der Waals surface area contributed by atoms with Gasteiger partial charge in [-0.1, -0.05) is 25.0 Å². The number of aryl methyl sites for hydroxylation is 2. The minimum Gasteiger partial charge on any atom is -0.436 e. The Labute approximate surface area is 141 Å². The van der Waals surface area contributed by atoms with Crippen LogP contribution in [0.1, 0.15) is 53.4 Å². The van der Waals surface area contributed by atoms with E-state index < -0.39 is 0 Å². The molecule has 0 N–H and O–H groups in total. The Morgan fingerprint density at radius 3 is 2.71 bits per heavy atom. The predicted octanol–water partition coefficient (Wildman–Crippen LogP) is 4.06. The van der Waals surface area contributed by atoms with E-state index in [1.54, 1.807) is 19.9 Å². The summed E-state index contributed by atoms with van der Waals surface area (Å²) in [7, 11) is 0. The van der Waals surface area contributed by atoms with Gasteiger partial charge in [0.05, 0.1) is 5.69 Å². The molecule has 1 saturated carbocycles. The minimum atomic E-state index is -0.243. The average molecular weight is 330 g/mol. The third kappa shape index (κ3) is 3.66. The van der Waals surface area contributed by atoms with Crippen LogP contribution < -0.4 is 0 Å². The summed E-state index contributed by atoms with van der Waals surface area (Å²) in [5.74, 6) is 0.496. The van der Waals surface area contributed by atoms with Crippen LogP contribution >= 0.6 is 0 Å². The van der Waals surface area contributed by atoms with E-state index in [9.17, 15) is 9.18 Å². The molecule has 3 rings (SSSR count). The van der Waals surface area contributed by atoms with Gasteiger partial charge in [-0.05, 0) is 43.9 Å². The molecule has 1 amide bonds. The number of hydrogen-bond acceptors (Lipinski definition) is 3. The van der Waals surface area contributed by atoms with Gasteiger partial charge >= 0.3 is 0 Å². The van der Waals surface area contributed by atoms with Crippen molar-refractivity contribution in [3.63, 3.8) is 0 Å². The summed E-state index contributed by atoms with van der Waals surface area (Å²) in [6, 6.07) is 6.79. The number of aromatic nitrogens is 1. The van der Waals surface area contributed by atoms with Crippen LogP contribution in [-0.4, -0.2) is 28.4 Å². The van der Waals surface area contributed by atoms with E-state index in [0.717, 1.165) is 31.2 Å². The molecule has 1 heterocycles. The molecule has 1 aliphatic rings. The molecule has 1 aromatic heterocycles. The molecular weight excluding hydrogens is 307 g/mol. The highest BCUT2D eigenvalue weighted by atomic mass is 19.1. The second-order valence-electron chi connectivity index (χ2n) is 6.46. The quantitative estimate of drug-likeness (QED) is 0.830. The SMILES string of the molecule is Cc1nc(C)c(C(=O)N(CCc2cccc(F)c2)C2CCCC2)o1. The first-order valence-electron chi connectivity index (χ1n) is 8.54. The number of hydrogen-bond donors (Lipinski definition) is 0. The summed E-state index contributed by atoms with van der Waals surface area (Å²) in [5, 5.41) is 0. The van der Waals surface area contributed by atoms with Crippen molar-refractivity contribution >= 4 is 5.91 Å². The number of amides is 1. The van der Waals surface area contributed by atoms with Gasteiger partial charge in [-0.2, -0.15) is 0 Å². The van der Waals surface area contributed by atoms with E-state index in [2.05, 4.69) is 4.98 Å². The van der Waals surface area contributed by atoms with Crippen LogP contribution in [0.3, 0.4) is 0 Å². The molecule has 1 aromatic carbocycles. The van der Waals surface area contributed by atoms with Crippen molar-refractivity contribution < 1.29 is 13.6 Å². The highest BCUT2D eigenvalue weighted by Gasteiger charge is 2.30. The molecule has 0 unspecified atom stereocenters.